The Kier molecular flexibility index (Phi) is 7.30. The lowest BCUT2D eigenvalue weighted by molar-refractivity contribution is 0.163. The van der Waals surface area contributed by atoms with Gasteiger partial charge in [0, 0.05) is 20.0 Å². The van der Waals surface area contributed by atoms with Crippen LogP contribution in [0.2, 0.25) is 0 Å². The molecule has 5 aromatic rings. The van der Waals surface area contributed by atoms with Gasteiger partial charge >= 0.3 is 6.09 Å². The zero-order chi connectivity index (χ0) is 25.6. The molecule has 0 saturated heterocycles. The van der Waals surface area contributed by atoms with Crippen molar-refractivity contribution in [3.8, 4) is 11.5 Å². The Morgan fingerprint density at radius 1 is 1.05 bits per heavy atom. The van der Waals surface area contributed by atoms with Gasteiger partial charge in [-0.15, -0.1) is 5.10 Å². The number of aryl methyl sites for hydroxylation is 1. The van der Waals surface area contributed by atoms with Crippen LogP contribution in [-0.4, -0.2) is 45.2 Å². The van der Waals surface area contributed by atoms with Crippen molar-refractivity contribution >= 4 is 27.8 Å². The summed E-state index contributed by atoms with van der Waals surface area (Å²) in [5.41, 5.74) is 1.87. The lowest BCUT2D eigenvalue weighted by Crippen LogP contribution is -2.31. The summed E-state index contributed by atoms with van der Waals surface area (Å²) in [5, 5.41) is 16.6. The summed E-state index contributed by atoms with van der Waals surface area (Å²) in [4.78, 5) is 14.5. The van der Waals surface area contributed by atoms with Crippen molar-refractivity contribution in [1.82, 2.24) is 25.5 Å². The predicted molar refractivity (Wildman–Crippen MR) is 140 cm³/mol. The number of hydrogen-bond donors (Lipinski definition) is 1. The second-order valence-corrected chi connectivity index (χ2v) is 8.97. The maximum absolute atomic E-state index is 12.9. The topological polar surface area (TPSA) is 106 Å². The number of hydrogen-bond acceptors (Lipinski definition) is 7. The van der Waals surface area contributed by atoms with Crippen molar-refractivity contribution in [3.05, 3.63) is 77.8 Å². The van der Waals surface area contributed by atoms with Crippen molar-refractivity contribution in [2.24, 2.45) is 0 Å². The maximum atomic E-state index is 12.9. The van der Waals surface area contributed by atoms with Crippen LogP contribution in [0.1, 0.15) is 36.9 Å². The van der Waals surface area contributed by atoms with E-state index in [9.17, 15) is 4.79 Å². The van der Waals surface area contributed by atoms with Crippen LogP contribution >= 0.6 is 0 Å². The number of likely N-dealkylation sites (N-methyl/N-ethyl adjacent to an activating group) is 1. The second-order valence-electron chi connectivity index (χ2n) is 8.97. The van der Waals surface area contributed by atoms with Crippen LogP contribution in [0.15, 0.2) is 65.1 Å². The van der Waals surface area contributed by atoms with Crippen LogP contribution in [0.3, 0.4) is 0 Å². The van der Waals surface area contributed by atoms with E-state index in [1.54, 1.807) is 11.9 Å². The van der Waals surface area contributed by atoms with E-state index in [4.69, 9.17) is 13.9 Å². The molecule has 0 saturated carbocycles. The van der Waals surface area contributed by atoms with E-state index in [1.807, 2.05) is 42.5 Å². The maximum Gasteiger partial charge on any atom is 0.415 e. The molecule has 37 heavy (non-hydrogen) atoms. The van der Waals surface area contributed by atoms with Gasteiger partial charge in [0.15, 0.2) is 11.6 Å². The molecule has 1 amide bonds. The number of amides is 1. The van der Waals surface area contributed by atoms with Gasteiger partial charge in [0.2, 0.25) is 0 Å². The van der Waals surface area contributed by atoms with Gasteiger partial charge in [-0.1, -0.05) is 49.7 Å². The van der Waals surface area contributed by atoms with E-state index in [-0.39, 0.29) is 6.61 Å². The highest BCUT2D eigenvalue weighted by atomic mass is 16.6. The number of carbonyl (C=O) groups is 1. The van der Waals surface area contributed by atoms with Crippen LogP contribution in [0.25, 0.3) is 21.7 Å². The Hall–Kier alpha value is -4.40. The first-order valence-corrected chi connectivity index (χ1v) is 12.4. The highest BCUT2D eigenvalue weighted by Crippen LogP contribution is 2.34. The number of nitrogens with one attached hydrogen (secondary N) is 1. The number of para-hydroxylation sites is 1. The van der Waals surface area contributed by atoms with Gasteiger partial charge in [-0.3, -0.25) is 0 Å². The first-order chi connectivity index (χ1) is 18.1. The Morgan fingerprint density at radius 2 is 1.89 bits per heavy atom. The number of aromatic nitrogens is 4. The van der Waals surface area contributed by atoms with E-state index in [0.29, 0.717) is 24.5 Å². The number of H-pyrrole nitrogens is 1. The first-order valence-electron chi connectivity index (χ1n) is 12.4. The lowest BCUT2D eigenvalue weighted by Gasteiger charge is -2.17. The van der Waals surface area contributed by atoms with Gasteiger partial charge in [0.05, 0.1) is 5.39 Å². The molecule has 9 nitrogen and oxygen atoms in total. The van der Waals surface area contributed by atoms with Crippen LogP contribution in [0.4, 0.5) is 4.79 Å². The summed E-state index contributed by atoms with van der Waals surface area (Å²) in [6.45, 7) is 2.92. The molecule has 190 valence electrons. The largest absolute Gasteiger partial charge is 0.486 e. The lowest BCUT2D eigenvalue weighted by atomic mass is 10.0. The number of rotatable bonds is 10. The molecule has 0 aliphatic heterocycles. The highest BCUT2D eigenvalue weighted by Gasteiger charge is 2.20. The number of tetrazole rings is 1. The van der Waals surface area contributed by atoms with Gasteiger partial charge in [-0.25, -0.2) is 9.89 Å². The van der Waals surface area contributed by atoms with E-state index in [0.717, 1.165) is 58.1 Å². The minimum atomic E-state index is -0.395. The van der Waals surface area contributed by atoms with Crippen molar-refractivity contribution in [2.45, 2.75) is 39.2 Å². The molecular weight excluding hydrogens is 470 g/mol. The van der Waals surface area contributed by atoms with Crippen molar-refractivity contribution in [3.63, 3.8) is 0 Å². The van der Waals surface area contributed by atoms with Crippen LogP contribution < -0.4 is 9.47 Å². The first kappa shape index (κ1) is 24.3. The molecule has 0 atom stereocenters. The van der Waals surface area contributed by atoms with Crippen LogP contribution in [0, 0.1) is 0 Å². The number of nitrogens with zero attached hydrogens (tertiary/aromatic N) is 4. The Bertz CT molecular complexity index is 1500. The fourth-order valence-electron chi connectivity index (χ4n) is 4.15. The summed E-state index contributed by atoms with van der Waals surface area (Å²) in [6, 6.07) is 19.8. The molecule has 3 aromatic carbocycles. The number of aromatic amines is 1. The van der Waals surface area contributed by atoms with E-state index < -0.39 is 6.09 Å². The predicted octanol–water partition coefficient (Wildman–Crippen LogP) is 5.69. The minimum absolute atomic E-state index is 0.272. The number of ether oxygens (including phenoxy) is 2. The van der Waals surface area contributed by atoms with Crippen LogP contribution in [0.5, 0.6) is 11.5 Å². The molecule has 9 heteroatoms. The zero-order valence-corrected chi connectivity index (χ0v) is 20.9. The van der Waals surface area contributed by atoms with Gasteiger partial charge < -0.3 is 18.8 Å². The zero-order valence-electron chi connectivity index (χ0n) is 20.9. The summed E-state index contributed by atoms with van der Waals surface area (Å²) >= 11 is 0. The molecule has 0 fully saturated rings. The number of unbranched alkanes of at least 4 members (excludes halogenated alkanes) is 1. The van der Waals surface area contributed by atoms with Crippen molar-refractivity contribution < 1.29 is 18.7 Å². The second kappa shape index (κ2) is 11.1. The third-order valence-electron chi connectivity index (χ3n) is 6.25. The standard InChI is InChI=1S/C28H29N5O4/c1-3-4-8-25-27(23-7-5-6-9-24(23)36-25)37-28(34)33(2)15-14-19-10-11-21-17-22(13-12-20(21)16-19)35-18-26-29-31-32-30-26/h5-7,9-13,16-17H,3-4,8,14-15,18H2,1-2H3,(H,29,30,31,32). The number of furan rings is 1. The summed E-state index contributed by atoms with van der Waals surface area (Å²) in [5.74, 6) is 2.56. The van der Waals surface area contributed by atoms with E-state index in [1.165, 1.54) is 0 Å². The third kappa shape index (κ3) is 5.72. The quantitative estimate of drug-likeness (QED) is 0.263. The number of carbonyl (C=O) groups excluding carboxylic acids is 1. The fraction of sp³-hybridized carbons (Fsp3) is 0.286. The molecular formula is C28H29N5O4. The SMILES string of the molecule is CCCCc1oc2ccccc2c1OC(=O)N(C)CCc1ccc2cc(OCc3nnn[nH]3)ccc2c1. The average Bonchev–Trinajstić information content (AvgIpc) is 3.57. The summed E-state index contributed by atoms with van der Waals surface area (Å²) in [7, 11) is 1.76. The van der Waals surface area contributed by atoms with E-state index in [2.05, 4.69) is 45.7 Å². The minimum Gasteiger partial charge on any atom is -0.486 e. The smallest absolute Gasteiger partial charge is 0.415 e. The monoisotopic (exact) mass is 499 g/mol. The van der Waals surface area contributed by atoms with Crippen molar-refractivity contribution in [1.29, 1.82) is 0 Å². The van der Waals surface area contributed by atoms with Gasteiger partial charge in [0.1, 0.15) is 23.7 Å². The molecule has 5 rings (SSSR count). The van der Waals surface area contributed by atoms with E-state index >= 15 is 0 Å². The summed E-state index contributed by atoms with van der Waals surface area (Å²) in [6.07, 6.45) is 3.04. The van der Waals surface area contributed by atoms with Gasteiger partial charge in [0.25, 0.3) is 0 Å². The number of fused-ring (bicyclic) bond motifs is 2. The fourth-order valence-corrected chi connectivity index (χ4v) is 4.15. The van der Waals surface area contributed by atoms with Crippen LogP contribution in [-0.2, 0) is 19.4 Å². The summed E-state index contributed by atoms with van der Waals surface area (Å²) < 4.78 is 17.6. The molecule has 0 spiro atoms. The average molecular weight is 500 g/mol. The number of benzene rings is 3. The van der Waals surface area contributed by atoms with Gasteiger partial charge in [-0.2, -0.15) is 0 Å². The third-order valence-corrected chi connectivity index (χ3v) is 6.25. The molecule has 2 aromatic heterocycles. The molecule has 0 unspecified atom stereocenters. The van der Waals surface area contributed by atoms with Gasteiger partial charge in [-0.05, 0) is 63.9 Å². The Morgan fingerprint density at radius 3 is 2.73 bits per heavy atom. The normalized spacial score (nSPS) is 11.2. The molecule has 0 bridgehead atoms. The molecule has 0 aliphatic rings. The Balaban J connectivity index is 1.21. The Labute approximate surface area is 214 Å². The van der Waals surface area contributed by atoms with Crippen molar-refractivity contribution in [2.75, 3.05) is 13.6 Å². The molecule has 0 aliphatic carbocycles. The molecule has 0 radical (unpaired) electrons. The highest BCUT2D eigenvalue weighted by molar-refractivity contribution is 5.88. The molecule has 2 heterocycles. The molecule has 1 N–H and O–H groups in total.